The summed E-state index contributed by atoms with van der Waals surface area (Å²) in [5.41, 5.74) is 5.29. The molecule has 58 heavy (non-hydrogen) atoms. The lowest BCUT2D eigenvalue weighted by Gasteiger charge is -2.23. The van der Waals surface area contributed by atoms with Crippen molar-refractivity contribution in [2.45, 2.75) is 0 Å². The van der Waals surface area contributed by atoms with Crippen molar-refractivity contribution in [3.63, 3.8) is 0 Å². The Morgan fingerprint density at radius 3 is 1.67 bits per heavy atom. The summed E-state index contributed by atoms with van der Waals surface area (Å²) in [6.07, 6.45) is 0. The van der Waals surface area contributed by atoms with E-state index in [9.17, 15) is 24.0 Å². The number of benzene rings is 7. The predicted octanol–water partition coefficient (Wildman–Crippen LogP) is 9.25. The van der Waals surface area contributed by atoms with Crippen molar-refractivity contribution in [1.29, 1.82) is 0 Å². The SMILES string of the molecule is O=C1c2ccccc2C(=O)c2cc3c(Nc4cc5c(=O)c6ccccc6[nH]c5c5c4C(=O)c4ccccc4C5=O)nc(-c4ccc(-c5ccccc5)cc4)nc3cc21. The van der Waals surface area contributed by atoms with Crippen LogP contribution in [0.4, 0.5) is 11.5 Å². The Kier molecular flexibility index (Phi) is 7.11. The molecule has 9 aromatic rings. The van der Waals surface area contributed by atoms with E-state index in [2.05, 4.69) is 10.3 Å². The maximum absolute atomic E-state index is 14.5. The lowest BCUT2D eigenvalue weighted by atomic mass is 9.81. The molecule has 0 radical (unpaired) electrons. The number of nitrogens with zero attached hydrogens (tertiary/aromatic N) is 2. The summed E-state index contributed by atoms with van der Waals surface area (Å²) < 4.78 is 0. The maximum atomic E-state index is 14.5. The van der Waals surface area contributed by atoms with Gasteiger partial charge in [0.25, 0.3) is 0 Å². The highest BCUT2D eigenvalue weighted by molar-refractivity contribution is 6.34. The molecule has 2 aliphatic carbocycles. The minimum Gasteiger partial charge on any atom is -0.354 e. The number of ketones is 4. The van der Waals surface area contributed by atoms with Crippen LogP contribution in [0.3, 0.4) is 0 Å². The Morgan fingerprint density at radius 2 is 0.983 bits per heavy atom. The molecule has 2 heterocycles. The number of hydrogen-bond donors (Lipinski definition) is 2. The molecule has 2 N–H and O–H groups in total. The monoisotopic (exact) mass is 750 g/mol. The fraction of sp³-hybridized carbons (Fsp3) is 0. The second-order valence-electron chi connectivity index (χ2n) is 14.4. The average molecular weight is 751 g/mol. The number of fused-ring (bicyclic) bond motifs is 8. The van der Waals surface area contributed by atoms with Crippen LogP contribution in [-0.2, 0) is 0 Å². The quantitative estimate of drug-likeness (QED) is 0.170. The van der Waals surface area contributed by atoms with Gasteiger partial charge in [0.1, 0.15) is 5.82 Å². The third-order valence-electron chi connectivity index (χ3n) is 11.1. The normalized spacial score (nSPS) is 13.0. The maximum Gasteiger partial charge on any atom is 0.197 e. The Morgan fingerprint density at radius 1 is 0.431 bits per heavy atom. The van der Waals surface area contributed by atoms with Gasteiger partial charge < -0.3 is 10.3 Å². The molecule has 2 aliphatic rings. The fourth-order valence-electron chi connectivity index (χ4n) is 8.29. The predicted molar refractivity (Wildman–Crippen MR) is 222 cm³/mol. The third kappa shape index (κ3) is 4.87. The Balaban J connectivity index is 1.17. The topological polar surface area (TPSA) is 139 Å². The summed E-state index contributed by atoms with van der Waals surface area (Å²) in [6.45, 7) is 0. The number of nitrogens with one attached hydrogen (secondary N) is 2. The minimum absolute atomic E-state index is 0.0661. The molecule has 0 fully saturated rings. The van der Waals surface area contributed by atoms with Crippen molar-refractivity contribution in [3.8, 4) is 22.5 Å². The molecule has 0 saturated carbocycles. The van der Waals surface area contributed by atoms with E-state index in [-0.39, 0.29) is 72.8 Å². The van der Waals surface area contributed by atoms with E-state index < -0.39 is 11.6 Å². The van der Waals surface area contributed by atoms with E-state index in [4.69, 9.17) is 9.97 Å². The van der Waals surface area contributed by atoms with Crippen LogP contribution in [0.1, 0.15) is 63.7 Å². The molecule has 2 aromatic heterocycles. The molecule has 7 aromatic carbocycles. The zero-order valence-corrected chi connectivity index (χ0v) is 30.3. The Labute approximate surface area is 328 Å². The van der Waals surface area contributed by atoms with E-state index in [0.29, 0.717) is 44.3 Å². The number of aromatic nitrogens is 3. The van der Waals surface area contributed by atoms with Crippen molar-refractivity contribution in [2.75, 3.05) is 5.32 Å². The van der Waals surface area contributed by atoms with Crippen LogP contribution in [-0.4, -0.2) is 38.1 Å². The van der Waals surface area contributed by atoms with Gasteiger partial charge in [0.05, 0.1) is 27.8 Å². The van der Waals surface area contributed by atoms with E-state index in [1.165, 1.54) is 0 Å². The van der Waals surface area contributed by atoms with Gasteiger partial charge in [0.15, 0.2) is 34.4 Å². The zero-order chi connectivity index (χ0) is 39.2. The van der Waals surface area contributed by atoms with Gasteiger partial charge in [-0.3, -0.25) is 24.0 Å². The Hall–Kier alpha value is -8.17. The number of carbonyl (C=O) groups is 4. The molecule has 0 spiro atoms. The van der Waals surface area contributed by atoms with Gasteiger partial charge >= 0.3 is 0 Å². The summed E-state index contributed by atoms with van der Waals surface area (Å²) in [4.78, 5) is 84.2. The van der Waals surface area contributed by atoms with Gasteiger partial charge in [-0.05, 0) is 41.5 Å². The van der Waals surface area contributed by atoms with E-state index in [1.54, 1.807) is 91.0 Å². The number of anilines is 2. The second kappa shape index (κ2) is 12.4. The van der Waals surface area contributed by atoms with Gasteiger partial charge in [-0.2, -0.15) is 0 Å². The van der Waals surface area contributed by atoms with Crippen LogP contribution in [0.25, 0.3) is 55.2 Å². The lowest BCUT2D eigenvalue weighted by molar-refractivity contribution is 0.0979. The van der Waals surface area contributed by atoms with E-state index in [0.717, 1.165) is 11.1 Å². The number of carbonyl (C=O) groups excluding carboxylic acids is 4. The van der Waals surface area contributed by atoms with E-state index >= 15 is 0 Å². The summed E-state index contributed by atoms with van der Waals surface area (Å²) in [7, 11) is 0. The standard InChI is InChI=1S/C49H26N4O5/c54-43-28-12-4-5-13-29(28)44(55)34-23-38-35(22-33(34)43)49(53-48(51-38)27-20-18-26(19-21-27)25-10-2-1-3-11-25)52-39-24-36-42(50-37-17-9-8-16-32(37)45(36)56)41-40(39)46(57)30-14-6-7-15-31(30)47(41)58/h1-24H,(H,50,56)(H,51,52,53). The van der Waals surface area contributed by atoms with Crippen molar-refractivity contribution < 1.29 is 19.2 Å². The van der Waals surface area contributed by atoms with Crippen molar-refractivity contribution in [2.24, 2.45) is 0 Å². The van der Waals surface area contributed by atoms with Crippen molar-refractivity contribution >= 4 is 67.3 Å². The molecule has 272 valence electrons. The molecule has 11 rings (SSSR count). The summed E-state index contributed by atoms with van der Waals surface area (Å²) in [5, 5.41) is 4.36. The number of pyridine rings is 1. The van der Waals surface area contributed by atoms with Crippen LogP contribution in [0, 0.1) is 0 Å². The third-order valence-corrected chi connectivity index (χ3v) is 11.1. The molecule has 9 heteroatoms. The smallest absolute Gasteiger partial charge is 0.197 e. The van der Waals surface area contributed by atoms with E-state index in [1.807, 2.05) is 54.6 Å². The minimum atomic E-state index is -0.409. The highest BCUT2D eigenvalue weighted by atomic mass is 16.1. The summed E-state index contributed by atoms with van der Waals surface area (Å²) >= 11 is 0. The molecular weight excluding hydrogens is 725 g/mol. The first kappa shape index (κ1) is 33.2. The van der Waals surface area contributed by atoms with Crippen LogP contribution >= 0.6 is 0 Å². The van der Waals surface area contributed by atoms with Gasteiger partial charge in [-0.25, -0.2) is 9.97 Å². The number of para-hydroxylation sites is 1. The van der Waals surface area contributed by atoms with Crippen LogP contribution < -0.4 is 10.7 Å². The van der Waals surface area contributed by atoms with Gasteiger partial charge in [-0.1, -0.05) is 115 Å². The molecule has 9 nitrogen and oxygen atoms in total. The van der Waals surface area contributed by atoms with Gasteiger partial charge in [0.2, 0.25) is 0 Å². The summed E-state index contributed by atoms with van der Waals surface area (Å²) in [6, 6.07) is 42.8. The average Bonchev–Trinajstić information content (AvgIpc) is 3.27. The first-order valence-electron chi connectivity index (χ1n) is 18.6. The van der Waals surface area contributed by atoms with Gasteiger partial charge in [-0.15, -0.1) is 0 Å². The molecule has 0 amide bonds. The zero-order valence-electron chi connectivity index (χ0n) is 30.3. The molecule has 0 saturated heterocycles. The number of hydrogen-bond acceptors (Lipinski definition) is 8. The van der Waals surface area contributed by atoms with Crippen molar-refractivity contribution in [3.05, 3.63) is 200 Å². The molecule has 0 unspecified atom stereocenters. The molecular formula is C49H26N4O5. The van der Waals surface area contributed by atoms with Crippen LogP contribution in [0.2, 0.25) is 0 Å². The van der Waals surface area contributed by atoms with Crippen LogP contribution in [0.15, 0.2) is 150 Å². The molecule has 0 atom stereocenters. The lowest BCUT2D eigenvalue weighted by Crippen LogP contribution is -2.24. The van der Waals surface area contributed by atoms with Crippen molar-refractivity contribution in [1.82, 2.24) is 15.0 Å². The fourth-order valence-corrected chi connectivity index (χ4v) is 8.29. The largest absolute Gasteiger partial charge is 0.354 e. The van der Waals surface area contributed by atoms with Gasteiger partial charge in [0, 0.05) is 60.6 Å². The first-order valence-corrected chi connectivity index (χ1v) is 18.6. The highest BCUT2D eigenvalue weighted by Gasteiger charge is 2.35. The Bertz CT molecular complexity index is 3410. The number of rotatable bonds is 4. The number of H-pyrrole nitrogens is 1. The summed E-state index contributed by atoms with van der Waals surface area (Å²) in [5.74, 6) is -0.936. The highest BCUT2D eigenvalue weighted by Crippen LogP contribution is 2.40. The molecule has 0 aliphatic heterocycles. The molecule has 0 bridgehead atoms. The van der Waals surface area contributed by atoms with Crippen LogP contribution in [0.5, 0.6) is 0 Å². The number of aromatic amines is 1. The first-order chi connectivity index (χ1) is 28.3. The second-order valence-corrected chi connectivity index (χ2v) is 14.4.